The molecule has 1 aliphatic rings. The zero-order chi connectivity index (χ0) is 30.2. The molecule has 0 unspecified atom stereocenters. The van der Waals surface area contributed by atoms with Gasteiger partial charge in [-0.2, -0.15) is 0 Å². The summed E-state index contributed by atoms with van der Waals surface area (Å²) in [5, 5.41) is 5.67. The molecule has 2 atom stereocenters. The van der Waals surface area contributed by atoms with Gasteiger partial charge in [0.25, 0.3) is 0 Å². The van der Waals surface area contributed by atoms with Gasteiger partial charge in [-0.15, -0.1) is 0 Å². The summed E-state index contributed by atoms with van der Waals surface area (Å²) in [6, 6.07) is 19.3. The molecule has 1 heterocycles. The number of amides is 3. The molecule has 1 aliphatic heterocycles. The summed E-state index contributed by atoms with van der Waals surface area (Å²) in [5.74, 6) is 0.647. The maximum Gasteiger partial charge on any atom is 0.337 e. The summed E-state index contributed by atoms with van der Waals surface area (Å²) in [4.78, 5) is 41.8. The van der Waals surface area contributed by atoms with E-state index in [0.717, 1.165) is 23.2 Å². The van der Waals surface area contributed by atoms with Crippen molar-refractivity contribution in [2.24, 2.45) is 0 Å². The average Bonchev–Trinajstić information content (AvgIpc) is 3.43. The standard InChI is InChI=1S/C32H38N4O6/c1-21-8-6-7-9-27(21)33-32(39)34-28-15-10-22(16-29(28)40-4)17-30(37)36-19-24(35(2)3)18-25(36)20-42-26-13-11-23(12-14-26)31(38)41-5/h6-16,24-25H,17-20H2,1-5H3,(H2,33,34,39)/t24-,25-/m0/s1. The molecule has 3 aromatic rings. The highest BCUT2D eigenvalue weighted by Crippen LogP contribution is 2.28. The molecule has 0 radical (unpaired) electrons. The van der Waals surface area contributed by atoms with E-state index in [0.29, 0.717) is 35.9 Å². The van der Waals surface area contributed by atoms with E-state index in [1.807, 2.05) is 56.3 Å². The zero-order valence-electron chi connectivity index (χ0n) is 24.7. The quantitative estimate of drug-likeness (QED) is 0.341. The number of methoxy groups -OCH3 is 2. The maximum atomic E-state index is 13.5. The van der Waals surface area contributed by atoms with Gasteiger partial charge >= 0.3 is 12.0 Å². The Balaban J connectivity index is 1.40. The van der Waals surface area contributed by atoms with Gasteiger partial charge in [0.2, 0.25) is 5.91 Å². The molecule has 2 N–H and O–H groups in total. The van der Waals surface area contributed by atoms with Crippen molar-refractivity contribution in [3.8, 4) is 11.5 Å². The Labute approximate surface area is 246 Å². The van der Waals surface area contributed by atoms with E-state index in [1.165, 1.54) is 14.2 Å². The lowest BCUT2D eigenvalue weighted by molar-refractivity contribution is -0.131. The van der Waals surface area contributed by atoms with Crippen molar-refractivity contribution in [2.45, 2.75) is 31.8 Å². The number of carbonyl (C=O) groups is 3. The number of ether oxygens (including phenoxy) is 3. The smallest absolute Gasteiger partial charge is 0.337 e. The van der Waals surface area contributed by atoms with Crippen LogP contribution in [0.1, 0.15) is 27.9 Å². The van der Waals surface area contributed by atoms with Gasteiger partial charge < -0.3 is 34.6 Å². The molecule has 1 fully saturated rings. The van der Waals surface area contributed by atoms with Crippen LogP contribution in [0.5, 0.6) is 11.5 Å². The van der Waals surface area contributed by atoms with E-state index in [9.17, 15) is 14.4 Å². The molecule has 0 saturated carbocycles. The number of urea groups is 1. The van der Waals surface area contributed by atoms with E-state index in [4.69, 9.17) is 14.2 Å². The number of likely N-dealkylation sites (N-methyl/N-ethyl adjacent to an activating group) is 1. The zero-order valence-corrected chi connectivity index (χ0v) is 24.7. The first-order valence-electron chi connectivity index (χ1n) is 13.8. The monoisotopic (exact) mass is 574 g/mol. The van der Waals surface area contributed by atoms with Crippen LogP contribution in [0, 0.1) is 6.92 Å². The summed E-state index contributed by atoms with van der Waals surface area (Å²) >= 11 is 0. The van der Waals surface area contributed by atoms with Crippen LogP contribution in [-0.4, -0.2) is 81.3 Å². The van der Waals surface area contributed by atoms with Crippen molar-refractivity contribution >= 4 is 29.3 Å². The fourth-order valence-corrected chi connectivity index (χ4v) is 4.94. The van der Waals surface area contributed by atoms with E-state index < -0.39 is 5.97 Å². The van der Waals surface area contributed by atoms with Crippen molar-refractivity contribution in [3.05, 3.63) is 83.4 Å². The third-order valence-corrected chi connectivity index (χ3v) is 7.42. The number of benzene rings is 3. The molecule has 222 valence electrons. The van der Waals surface area contributed by atoms with E-state index >= 15 is 0 Å². The van der Waals surface area contributed by atoms with Crippen molar-refractivity contribution in [2.75, 3.05) is 52.1 Å². The summed E-state index contributed by atoms with van der Waals surface area (Å²) in [6.45, 7) is 2.84. The highest BCUT2D eigenvalue weighted by atomic mass is 16.5. The topological polar surface area (TPSA) is 109 Å². The molecule has 42 heavy (non-hydrogen) atoms. The van der Waals surface area contributed by atoms with E-state index in [1.54, 1.807) is 36.4 Å². The summed E-state index contributed by atoms with van der Waals surface area (Å²) in [7, 11) is 6.88. The number of hydrogen-bond donors (Lipinski definition) is 2. The second-order valence-electron chi connectivity index (χ2n) is 10.5. The Kier molecular flexibility index (Phi) is 10.0. The summed E-state index contributed by atoms with van der Waals surface area (Å²) in [5.41, 5.74) is 3.38. The number of aryl methyl sites for hydroxylation is 1. The Bertz CT molecular complexity index is 1410. The van der Waals surface area contributed by atoms with E-state index in [2.05, 4.69) is 15.5 Å². The van der Waals surface area contributed by atoms with Gasteiger partial charge in [0, 0.05) is 18.3 Å². The van der Waals surface area contributed by atoms with Crippen LogP contribution in [0.25, 0.3) is 0 Å². The molecule has 4 rings (SSSR count). The molecule has 1 saturated heterocycles. The third-order valence-electron chi connectivity index (χ3n) is 7.42. The number of para-hydroxylation sites is 1. The number of hydrogen-bond acceptors (Lipinski definition) is 7. The van der Waals surface area contributed by atoms with Crippen LogP contribution >= 0.6 is 0 Å². The third kappa shape index (κ3) is 7.58. The van der Waals surface area contributed by atoms with Gasteiger partial charge in [-0.3, -0.25) is 4.79 Å². The largest absolute Gasteiger partial charge is 0.495 e. The average molecular weight is 575 g/mol. The van der Waals surface area contributed by atoms with Gasteiger partial charge in [0.15, 0.2) is 0 Å². The first kappa shape index (κ1) is 30.4. The SMILES string of the molecule is COC(=O)c1ccc(OC[C@@H]2C[C@H](N(C)C)CN2C(=O)Cc2ccc(NC(=O)Nc3ccccc3C)c(OC)c2)cc1. The fraction of sp³-hybridized carbons (Fsp3) is 0.344. The maximum absolute atomic E-state index is 13.5. The predicted octanol–water partition coefficient (Wildman–Crippen LogP) is 4.59. The molecule has 0 aromatic heterocycles. The van der Waals surface area contributed by atoms with Gasteiger partial charge in [-0.25, -0.2) is 9.59 Å². The Morgan fingerprint density at radius 3 is 2.33 bits per heavy atom. The predicted molar refractivity (Wildman–Crippen MR) is 161 cm³/mol. The molecule has 0 aliphatic carbocycles. The highest BCUT2D eigenvalue weighted by Gasteiger charge is 2.36. The number of carbonyl (C=O) groups excluding carboxylic acids is 3. The number of rotatable bonds is 10. The van der Waals surface area contributed by atoms with Crippen molar-refractivity contribution < 1.29 is 28.6 Å². The lowest BCUT2D eigenvalue weighted by Crippen LogP contribution is -2.40. The van der Waals surface area contributed by atoms with Gasteiger partial charge in [0.05, 0.1) is 37.9 Å². The molecule has 0 spiro atoms. The van der Waals surface area contributed by atoms with Gasteiger partial charge in [-0.05, 0) is 81.0 Å². The fourth-order valence-electron chi connectivity index (χ4n) is 4.94. The lowest BCUT2D eigenvalue weighted by atomic mass is 10.1. The van der Waals surface area contributed by atoms with Crippen LogP contribution in [0.4, 0.5) is 16.2 Å². The van der Waals surface area contributed by atoms with Crippen molar-refractivity contribution in [1.29, 1.82) is 0 Å². The number of esters is 1. The molecular weight excluding hydrogens is 536 g/mol. The van der Waals surface area contributed by atoms with Crippen molar-refractivity contribution in [1.82, 2.24) is 9.80 Å². The van der Waals surface area contributed by atoms with Gasteiger partial charge in [0.1, 0.15) is 18.1 Å². The van der Waals surface area contributed by atoms with Crippen LogP contribution < -0.4 is 20.1 Å². The Morgan fingerprint density at radius 2 is 1.67 bits per heavy atom. The highest BCUT2D eigenvalue weighted by molar-refractivity contribution is 6.01. The molecular formula is C32H38N4O6. The number of likely N-dealkylation sites (tertiary alicyclic amines) is 1. The molecule has 0 bridgehead atoms. The minimum Gasteiger partial charge on any atom is -0.495 e. The van der Waals surface area contributed by atoms with Crippen LogP contribution in [-0.2, 0) is 16.0 Å². The number of nitrogens with zero attached hydrogens (tertiary/aromatic N) is 2. The summed E-state index contributed by atoms with van der Waals surface area (Å²) in [6.07, 6.45) is 0.956. The van der Waals surface area contributed by atoms with Crippen LogP contribution in [0.2, 0.25) is 0 Å². The lowest BCUT2D eigenvalue weighted by Gasteiger charge is -2.25. The van der Waals surface area contributed by atoms with Gasteiger partial charge in [-0.1, -0.05) is 24.3 Å². The Morgan fingerprint density at radius 1 is 0.952 bits per heavy atom. The molecule has 3 aromatic carbocycles. The first-order chi connectivity index (χ1) is 20.2. The minimum absolute atomic E-state index is 0.0194. The minimum atomic E-state index is -0.408. The Hall–Kier alpha value is -4.57. The number of anilines is 2. The molecule has 10 nitrogen and oxygen atoms in total. The summed E-state index contributed by atoms with van der Waals surface area (Å²) < 4.78 is 16.3. The number of nitrogens with one attached hydrogen (secondary N) is 2. The first-order valence-corrected chi connectivity index (χ1v) is 13.8. The normalized spacial score (nSPS) is 16.2. The molecule has 10 heteroatoms. The molecule has 3 amide bonds. The van der Waals surface area contributed by atoms with Crippen molar-refractivity contribution in [3.63, 3.8) is 0 Å². The van der Waals surface area contributed by atoms with E-state index in [-0.39, 0.29) is 30.4 Å². The second kappa shape index (κ2) is 13.9. The van der Waals surface area contributed by atoms with Crippen LogP contribution in [0.15, 0.2) is 66.7 Å². The van der Waals surface area contributed by atoms with Crippen LogP contribution in [0.3, 0.4) is 0 Å². The second-order valence-corrected chi connectivity index (χ2v) is 10.5.